The van der Waals surface area contributed by atoms with Crippen molar-refractivity contribution in [2.45, 2.75) is 138 Å². The first kappa shape index (κ1) is 29.2. The average Bonchev–Trinajstić information content (AvgIpc) is 3.15. The number of fused-ring (bicyclic) bond motifs is 5. The summed E-state index contributed by atoms with van der Waals surface area (Å²) in [5.41, 5.74) is 2.41. The fourth-order valence-corrected chi connectivity index (χ4v) is 9.60. The molecule has 3 saturated carbocycles. The van der Waals surface area contributed by atoms with Crippen molar-refractivity contribution < 1.29 is 9.53 Å². The largest absolute Gasteiger partial charge is 0.356 e. The van der Waals surface area contributed by atoms with Crippen molar-refractivity contribution in [3.8, 4) is 0 Å². The molecule has 1 amide bonds. The van der Waals surface area contributed by atoms with E-state index in [0.717, 1.165) is 41.9 Å². The monoisotopic (exact) mass is 513 g/mol. The minimum atomic E-state index is -0.218. The van der Waals surface area contributed by atoms with Crippen LogP contribution in [0.2, 0.25) is 0 Å². The van der Waals surface area contributed by atoms with E-state index in [9.17, 15) is 4.79 Å². The van der Waals surface area contributed by atoms with Gasteiger partial charge in [0.2, 0.25) is 5.91 Å². The van der Waals surface area contributed by atoms with Crippen molar-refractivity contribution in [1.82, 2.24) is 5.32 Å². The maximum absolute atomic E-state index is 12.6. The zero-order valence-corrected chi connectivity index (χ0v) is 25.6. The van der Waals surface area contributed by atoms with E-state index in [2.05, 4.69) is 46.0 Å². The molecule has 1 N–H and O–H groups in total. The Morgan fingerprint density at radius 3 is 2.51 bits per heavy atom. The molecule has 0 saturated heterocycles. The number of rotatable bonds is 9. The summed E-state index contributed by atoms with van der Waals surface area (Å²) < 4.78 is 5.70. The van der Waals surface area contributed by atoms with Gasteiger partial charge in [-0.3, -0.25) is 4.79 Å². The van der Waals surface area contributed by atoms with Crippen LogP contribution in [-0.2, 0) is 9.53 Å². The molecule has 0 heterocycles. The summed E-state index contributed by atoms with van der Waals surface area (Å²) in [6.45, 7) is 19.0. The Morgan fingerprint density at radius 2 is 1.81 bits per heavy atom. The summed E-state index contributed by atoms with van der Waals surface area (Å²) in [6.07, 6.45) is 18.2. The highest BCUT2D eigenvalue weighted by atomic mass is 16.5. The first-order valence-corrected chi connectivity index (χ1v) is 15.9. The van der Waals surface area contributed by atoms with Crippen molar-refractivity contribution >= 4 is 5.91 Å². The molecule has 37 heavy (non-hydrogen) atoms. The van der Waals surface area contributed by atoms with Gasteiger partial charge < -0.3 is 10.1 Å². The predicted octanol–water partition coefficient (Wildman–Crippen LogP) is 8.92. The van der Waals surface area contributed by atoms with Crippen LogP contribution in [0.5, 0.6) is 0 Å². The molecule has 3 fully saturated rings. The molecule has 3 nitrogen and oxygen atoms in total. The summed E-state index contributed by atoms with van der Waals surface area (Å²) in [6, 6.07) is 0. The molecule has 212 valence electrons. The lowest BCUT2D eigenvalue weighted by atomic mass is 9.46. The van der Waals surface area contributed by atoms with E-state index in [0.29, 0.717) is 29.9 Å². The van der Waals surface area contributed by atoms with Gasteiger partial charge in [-0.1, -0.05) is 65.5 Å². The van der Waals surface area contributed by atoms with E-state index in [-0.39, 0.29) is 11.5 Å². The fraction of sp³-hybridized carbons (Fsp3) is 0.912. The van der Waals surface area contributed by atoms with Gasteiger partial charge in [0.1, 0.15) is 6.73 Å². The first-order chi connectivity index (χ1) is 17.3. The zero-order valence-electron chi connectivity index (χ0n) is 25.6. The predicted molar refractivity (Wildman–Crippen MR) is 155 cm³/mol. The number of carbonyl (C=O) groups is 1. The molecule has 0 aliphatic heterocycles. The van der Waals surface area contributed by atoms with Gasteiger partial charge in [-0.25, -0.2) is 0 Å². The molecule has 0 aromatic carbocycles. The normalized spacial score (nSPS) is 38.4. The van der Waals surface area contributed by atoms with Crippen molar-refractivity contribution in [3.63, 3.8) is 0 Å². The lowest BCUT2D eigenvalue weighted by Crippen LogP contribution is -2.50. The summed E-state index contributed by atoms with van der Waals surface area (Å²) in [4.78, 5) is 12.6. The van der Waals surface area contributed by atoms with Gasteiger partial charge in [-0.2, -0.15) is 0 Å². The van der Waals surface area contributed by atoms with Crippen LogP contribution in [0.1, 0.15) is 132 Å². The number of hydrogen-bond acceptors (Lipinski definition) is 2. The van der Waals surface area contributed by atoms with Crippen LogP contribution in [0.3, 0.4) is 0 Å². The minimum absolute atomic E-state index is 0.153. The molecule has 0 bridgehead atoms. The molecule has 8 atom stereocenters. The van der Waals surface area contributed by atoms with Crippen LogP contribution in [-0.4, -0.2) is 18.2 Å². The summed E-state index contributed by atoms with van der Waals surface area (Å²) >= 11 is 0. The maximum Gasteiger partial charge on any atom is 0.222 e. The van der Waals surface area contributed by atoms with Crippen LogP contribution in [0.4, 0.5) is 0 Å². The smallest absolute Gasteiger partial charge is 0.222 e. The lowest BCUT2D eigenvalue weighted by Gasteiger charge is -2.58. The third-order valence-electron chi connectivity index (χ3n) is 11.7. The molecular weight excluding hydrogens is 454 g/mol. The minimum Gasteiger partial charge on any atom is -0.356 e. The van der Waals surface area contributed by atoms with E-state index in [1.54, 1.807) is 5.57 Å². The van der Waals surface area contributed by atoms with Crippen molar-refractivity contribution in [1.29, 1.82) is 0 Å². The molecule has 4 aliphatic carbocycles. The highest BCUT2D eigenvalue weighted by molar-refractivity contribution is 5.76. The van der Waals surface area contributed by atoms with Crippen LogP contribution in [0.15, 0.2) is 11.6 Å². The molecule has 0 spiro atoms. The van der Waals surface area contributed by atoms with Crippen molar-refractivity contribution in [2.24, 2.45) is 52.3 Å². The Kier molecular flexibility index (Phi) is 8.94. The van der Waals surface area contributed by atoms with Gasteiger partial charge in [0.25, 0.3) is 0 Å². The summed E-state index contributed by atoms with van der Waals surface area (Å²) in [7, 11) is 0. The molecule has 4 aliphatic rings. The Labute approximate surface area is 229 Å². The number of ether oxygens (including phenoxy) is 1. The maximum atomic E-state index is 12.6. The van der Waals surface area contributed by atoms with Gasteiger partial charge in [-0.15, -0.1) is 0 Å². The Balaban J connectivity index is 1.36. The molecule has 0 aromatic heterocycles. The van der Waals surface area contributed by atoms with E-state index in [4.69, 9.17) is 4.74 Å². The molecule has 0 unspecified atom stereocenters. The average molecular weight is 514 g/mol. The fourth-order valence-electron chi connectivity index (χ4n) is 9.60. The molecule has 3 heteroatoms. The van der Waals surface area contributed by atoms with Crippen LogP contribution in [0.25, 0.3) is 0 Å². The standard InChI is InChI=1S/C34H59NO2/c1-23(2)10-9-11-24(3)28-14-15-29-27-13-12-26-20-25(21-31(36)35-22-37-32(4,5)6)16-18-33(26,7)30(27)17-19-34(28,29)8/h12,23-25,27-30H,9-11,13-22H2,1-8H3,(H,35,36)/t24-,25+,27+,28-,29+,30+,33+,34-/m1/s1. The van der Waals surface area contributed by atoms with E-state index < -0.39 is 0 Å². The van der Waals surface area contributed by atoms with Crippen LogP contribution < -0.4 is 5.32 Å². The second-order valence-electron chi connectivity index (χ2n) is 15.6. The second kappa shape index (κ2) is 11.3. The SMILES string of the molecule is CC(C)CCC[C@@H](C)[C@H]1CC[C@H]2[C@@H]3CC=C4C[C@@H](CC(=O)NCOC(C)(C)C)CC[C@]4(C)[C@H]3CC[C@]12C. The highest BCUT2D eigenvalue weighted by Crippen LogP contribution is 2.67. The number of hydrogen-bond donors (Lipinski definition) is 1. The molecule has 0 radical (unpaired) electrons. The van der Waals surface area contributed by atoms with Crippen LogP contribution >= 0.6 is 0 Å². The topological polar surface area (TPSA) is 38.3 Å². The van der Waals surface area contributed by atoms with Gasteiger partial charge in [0, 0.05) is 6.42 Å². The quantitative estimate of drug-likeness (QED) is 0.247. The Morgan fingerprint density at radius 1 is 1.05 bits per heavy atom. The first-order valence-electron chi connectivity index (χ1n) is 15.9. The molecule has 0 aromatic rings. The van der Waals surface area contributed by atoms with Gasteiger partial charge in [-0.05, 0) is 124 Å². The number of nitrogens with one attached hydrogen (secondary N) is 1. The molecular formula is C34H59NO2. The van der Waals surface area contributed by atoms with Gasteiger partial charge >= 0.3 is 0 Å². The van der Waals surface area contributed by atoms with E-state index in [1.807, 2.05) is 20.8 Å². The number of amides is 1. The zero-order chi connectivity index (χ0) is 27.0. The number of allylic oxidation sites excluding steroid dienone is 2. The third kappa shape index (κ3) is 6.33. The molecule has 4 rings (SSSR count). The summed E-state index contributed by atoms with van der Waals surface area (Å²) in [5, 5.41) is 2.99. The van der Waals surface area contributed by atoms with Gasteiger partial charge in [0.05, 0.1) is 5.60 Å². The Bertz CT molecular complexity index is 824. The Hall–Kier alpha value is -0.830. The van der Waals surface area contributed by atoms with Gasteiger partial charge in [0.15, 0.2) is 0 Å². The van der Waals surface area contributed by atoms with Crippen LogP contribution in [0, 0.1) is 52.3 Å². The van der Waals surface area contributed by atoms with Crippen molar-refractivity contribution in [2.75, 3.05) is 6.73 Å². The van der Waals surface area contributed by atoms with E-state index >= 15 is 0 Å². The lowest BCUT2D eigenvalue weighted by molar-refractivity contribution is -0.125. The third-order valence-corrected chi connectivity index (χ3v) is 11.7. The highest BCUT2D eigenvalue weighted by Gasteiger charge is 2.59. The van der Waals surface area contributed by atoms with E-state index in [1.165, 1.54) is 64.2 Å². The summed E-state index contributed by atoms with van der Waals surface area (Å²) in [5.74, 6) is 5.95. The second-order valence-corrected chi connectivity index (χ2v) is 15.6. The van der Waals surface area contributed by atoms with Crippen molar-refractivity contribution in [3.05, 3.63) is 11.6 Å². The number of carbonyl (C=O) groups excluding carboxylic acids is 1.